The highest BCUT2D eigenvalue weighted by Gasteiger charge is 2.36. The molecule has 2 heterocycles. The average molecular weight is 236 g/mol. The van der Waals surface area contributed by atoms with Crippen LogP contribution in [-0.4, -0.2) is 39.1 Å². The maximum absolute atomic E-state index is 11.9. The Labute approximate surface area is 98.4 Å². The van der Waals surface area contributed by atoms with Gasteiger partial charge in [0.15, 0.2) is 0 Å². The smallest absolute Gasteiger partial charge is 0.340 e. The van der Waals surface area contributed by atoms with Crippen LogP contribution in [0.1, 0.15) is 25.1 Å². The van der Waals surface area contributed by atoms with E-state index in [1.807, 2.05) is 4.90 Å². The Morgan fingerprint density at radius 1 is 1.41 bits per heavy atom. The van der Waals surface area contributed by atoms with Crippen LogP contribution in [0.15, 0.2) is 4.79 Å². The van der Waals surface area contributed by atoms with Crippen LogP contribution in [0.4, 0.5) is 0 Å². The standard InChI is InChI=1S/C11H16N4O2/c16-10(8-1-2-8)15-4-3-7(6-15)5-9-12-11(17)14-13-9/h7-8H,1-6H2,(H2,12,13,14,17)/t7-/m0/s1. The topological polar surface area (TPSA) is 81.8 Å². The van der Waals surface area contributed by atoms with Crippen LogP contribution in [0.2, 0.25) is 0 Å². The third kappa shape index (κ3) is 2.25. The Kier molecular flexibility index (Phi) is 2.49. The van der Waals surface area contributed by atoms with Crippen molar-refractivity contribution in [3.63, 3.8) is 0 Å². The van der Waals surface area contributed by atoms with Crippen LogP contribution in [0.5, 0.6) is 0 Å². The van der Waals surface area contributed by atoms with Crippen molar-refractivity contribution in [2.24, 2.45) is 11.8 Å². The fraction of sp³-hybridized carbons (Fsp3) is 0.727. The number of hydrogen-bond acceptors (Lipinski definition) is 3. The van der Waals surface area contributed by atoms with Gasteiger partial charge in [-0.25, -0.2) is 9.89 Å². The summed E-state index contributed by atoms with van der Waals surface area (Å²) in [5.74, 6) is 1.75. The molecule has 17 heavy (non-hydrogen) atoms. The molecule has 0 unspecified atom stereocenters. The third-order valence-corrected chi connectivity index (χ3v) is 3.56. The highest BCUT2D eigenvalue weighted by molar-refractivity contribution is 5.81. The molecule has 6 nitrogen and oxygen atoms in total. The SMILES string of the molecule is O=C(C1CC1)N1CC[C@@H](Cc2n[nH]c(=O)[nH]2)C1. The first kappa shape index (κ1) is 10.6. The number of aromatic nitrogens is 3. The lowest BCUT2D eigenvalue weighted by Crippen LogP contribution is -2.30. The molecule has 1 aromatic heterocycles. The second-order valence-electron chi connectivity index (χ2n) is 5.04. The minimum Gasteiger partial charge on any atom is -0.342 e. The summed E-state index contributed by atoms with van der Waals surface area (Å²) in [5.41, 5.74) is -0.260. The molecule has 1 atom stereocenters. The molecule has 0 aromatic carbocycles. The molecule has 6 heteroatoms. The van der Waals surface area contributed by atoms with Gasteiger partial charge in [0.2, 0.25) is 5.91 Å². The predicted molar refractivity (Wildman–Crippen MR) is 60.3 cm³/mol. The summed E-state index contributed by atoms with van der Waals surface area (Å²) in [5, 5.41) is 6.26. The van der Waals surface area contributed by atoms with E-state index in [-0.39, 0.29) is 5.69 Å². The van der Waals surface area contributed by atoms with Crippen molar-refractivity contribution in [1.82, 2.24) is 20.1 Å². The lowest BCUT2D eigenvalue weighted by Gasteiger charge is -2.15. The number of nitrogens with zero attached hydrogens (tertiary/aromatic N) is 2. The first-order valence-electron chi connectivity index (χ1n) is 6.14. The summed E-state index contributed by atoms with van der Waals surface area (Å²) in [6, 6.07) is 0. The summed E-state index contributed by atoms with van der Waals surface area (Å²) >= 11 is 0. The molecule has 1 aliphatic carbocycles. The number of likely N-dealkylation sites (tertiary alicyclic amines) is 1. The summed E-state index contributed by atoms with van der Waals surface area (Å²) in [7, 11) is 0. The van der Waals surface area contributed by atoms with Crippen molar-refractivity contribution in [3.05, 3.63) is 16.3 Å². The van der Waals surface area contributed by atoms with Crippen molar-refractivity contribution in [2.75, 3.05) is 13.1 Å². The van der Waals surface area contributed by atoms with E-state index in [0.29, 0.717) is 23.6 Å². The highest BCUT2D eigenvalue weighted by atomic mass is 16.2. The number of aromatic amines is 2. The van der Waals surface area contributed by atoms with E-state index >= 15 is 0 Å². The molecule has 2 fully saturated rings. The van der Waals surface area contributed by atoms with E-state index in [4.69, 9.17) is 0 Å². The molecule has 1 aliphatic heterocycles. The molecular weight excluding hydrogens is 220 g/mol. The first-order valence-corrected chi connectivity index (χ1v) is 6.14. The zero-order valence-electron chi connectivity index (χ0n) is 9.61. The molecule has 1 aromatic rings. The van der Waals surface area contributed by atoms with Crippen LogP contribution in [0, 0.1) is 11.8 Å². The van der Waals surface area contributed by atoms with E-state index < -0.39 is 0 Å². The zero-order valence-corrected chi connectivity index (χ0v) is 9.61. The van der Waals surface area contributed by atoms with Gasteiger partial charge in [0.1, 0.15) is 5.82 Å². The Bertz CT molecular complexity index is 474. The van der Waals surface area contributed by atoms with Crippen molar-refractivity contribution < 1.29 is 4.79 Å². The van der Waals surface area contributed by atoms with Crippen molar-refractivity contribution >= 4 is 5.91 Å². The number of amides is 1. The van der Waals surface area contributed by atoms with Gasteiger partial charge >= 0.3 is 5.69 Å². The van der Waals surface area contributed by atoms with Crippen molar-refractivity contribution in [1.29, 1.82) is 0 Å². The number of H-pyrrole nitrogens is 2. The lowest BCUT2D eigenvalue weighted by molar-refractivity contribution is -0.131. The third-order valence-electron chi connectivity index (χ3n) is 3.56. The molecule has 0 bridgehead atoms. The Morgan fingerprint density at radius 3 is 2.88 bits per heavy atom. The molecule has 1 saturated carbocycles. The molecule has 0 radical (unpaired) electrons. The van der Waals surface area contributed by atoms with Gasteiger partial charge in [0.25, 0.3) is 0 Å². The lowest BCUT2D eigenvalue weighted by atomic mass is 10.1. The fourth-order valence-electron chi connectivity index (χ4n) is 2.46. The van der Waals surface area contributed by atoms with Gasteiger partial charge in [0.05, 0.1) is 0 Å². The molecule has 2 aliphatic rings. The van der Waals surface area contributed by atoms with Gasteiger partial charge in [-0.3, -0.25) is 9.78 Å². The second kappa shape index (κ2) is 4.01. The van der Waals surface area contributed by atoms with Crippen LogP contribution < -0.4 is 5.69 Å². The van der Waals surface area contributed by atoms with E-state index in [1.165, 1.54) is 0 Å². The Hall–Kier alpha value is -1.59. The van der Waals surface area contributed by atoms with Gasteiger partial charge in [0, 0.05) is 25.4 Å². The Morgan fingerprint density at radius 2 is 2.24 bits per heavy atom. The monoisotopic (exact) mass is 236 g/mol. The Balaban J connectivity index is 1.56. The zero-order chi connectivity index (χ0) is 11.8. The molecular formula is C11H16N4O2. The number of rotatable bonds is 3. The molecule has 1 saturated heterocycles. The maximum atomic E-state index is 11.9. The fourth-order valence-corrected chi connectivity index (χ4v) is 2.46. The highest BCUT2D eigenvalue weighted by Crippen LogP contribution is 2.33. The van der Waals surface area contributed by atoms with Crippen molar-refractivity contribution in [3.8, 4) is 0 Å². The molecule has 2 N–H and O–H groups in total. The van der Waals surface area contributed by atoms with E-state index in [9.17, 15) is 9.59 Å². The van der Waals surface area contributed by atoms with Gasteiger partial charge in [-0.05, 0) is 25.2 Å². The molecule has 3 rings (SSSR count). The molecule has 92 valence electrons. The van der Waals surface area contributed by atoms with Gasteiger partial charge in [-0.2, -0.15) is 5.10 Å². The normalized spacial score (nSPS) is 24.2. The minimum absolute atomic E-state index is 0.260. The quantitative estimate of drug-likeness (QED) is 0.768. The van der Waals surface area contributed by atoms with E-state index in [1.54, 1.807) is 0 Å². The van der Waals surface area contributed by atoms with Crippen LogP contribution in [-0.2, 0) is 11.2 Å². The summed E-state index contributed by atoms with van der Waals surface area (Å²) in [6.07, 6.45) is 3.87. The van der Waals surface area contributed by atoms with Crippen LogP contribution in [0.25, 0.3) is 0 Å². The number of hydrogen-bond donors (Lipinski definition) is 2. The molecule has 1 amide bonds. The van der Waals surface area contributed by atoms with Gasteiger partial charge in [-0.15, -0.1) is 0 Å². The number of carbonyl (C=O) groups is 1. The molecule has 0 spiro atoms. The van der Waals surface area contributed by atoms with E-state index in [2.05, 4.69) is 15.2 Å². The summed E-state index contributed by atoms with van der Waals surface area (Å²) in [6.45, 7) is 1.67. The van der Waals surface area contributed by atoms with Gasteiger partial charge < -0.3 is 4.90 Å². The van der Waals surface area contributed by atoms with E-state index in [0.717, 1.165) is 38.8 Å². The average Bonchev–Trinajstić information content (AvgIpc) is 2.93. The largest absolute Gasteiger partial charge is 0.342 e. The van der Waals surface area contributed by atoms with Gasteiger partial charge in [-0.1, -0.05) is 0 Å². The maximum Gasteiger partial charge on any atom is 0.340 e. The predicted octanol–water partition coefficient (Wildman–Crippen LogP) is -0.101. The summed E-state index contributed by atoms with van der Waals surface area (Å²) in [4.78, 5) is 27.4. The summed E-state index contributed by atoms with van der Waals surface area (Å²) < 4.78 is 0. The van der Waals surface area contributed by atoms with Crippen LogP contribution in [0.3, 0.4) is 0 Å². The van der Waals surface area contributed by atoms with Crippen molar-refractivity contribution in [2.45, 2.75) is 25.7 Å². The van der Waals surface area contributed by atoms with Crippen LogP contribution >= 0.6 is 0 Å². The second-order valence-corrected chi connectivity index (χ2v) is 5.04. The minimum atomic E-state index is -0.260. The number of nitrogens with one attached hydrogen (secondary N) is 2. The first-order chi connectivity index (χ1) is 8.22. The number of carbonyl (C=O) groups excluding carboxylic acids is 1.